The highest BCUT2D eigenvalue weighted by atomic mass is 32.1. The van der Waals surface area contributed by atoms with Gasteiger partial charge >= 0.3 is 0 Å². The van der Waals surface area contributed by atoms with Crippen LogP contribution in [0.3, 0.4) is 0 Å². The SMILES string of the molecule is CCC[C@H](C)NC(=S)Nc1ccc(C(=O)N2CCCCC2)cc1. The van der Waals surface area contributed by atoms with Gasteiger partial charge in [-0.05, 0) is 69.1 Å². The van der Waals surface area contributed by atoms with Gasteiger partial charge in [-0.2, -0.15) is 0 Å². The molecular weight excluding hydrogens is 306 g/mol. The number of carbonyl (C=O) groups excluding carboxylic acids is 1. The third kappa shape index (κ3) is 5.50. The molecule has 1 aromatic rings. The van der Waals surface area contributed by atoms with Crippen molar-refractivity contribution >= 4 is 28.9 Å². The first kappa shape index (κ1) is 17.7. The van der Waals surface area contributed by atoms with Gasteiger partial charge in [-0.1, -0.05) is 13.3 Å². The predicted molar refractivity (Wildman–Crippen MR) is 99.9 cm³/mol. The summed E-state index contributed by atoms with van der Waals surface area (Å²) in [4.78, 5) is 14.4. The van der Waals surface area contributed by atoms with Gasteiger partial charge in [0.05, 0.1) is 0 Å². The molecule has 0 unspecified atom stereocenters. The average Bonchev–Trinajstić information content (AvgIpc) is 2.56. The van der Waals surface area contributed by atoms with Crippen molar-refractivity contribution < 1.29 is 4.79 Å². The van der Waals surface area contributed by atoms with Crippen LogP contribution in [0.15, 0.2) is 24.3 Å². The second-order valence-electron chi connectivity index (χ2n) is 6.22. The molecule has 23 heavy (non-hydrogen) atoms. The molecular formula is C18H27N3OS. The van der Waals surface area contributed by atoms with Crippen molar-refractivity contribution in [1.29, 1.82) is 0 Å². The fourth-order valence-electron chi connectivity index (χ4n) is 2.87. The number of amides is 1. The van der Waals surface area contributed by atoms with Crippen LogP contribution in [0, 0.1) is 0 Å². The lowest BCUT2D eigenvalue weighted by molar-refractivity contribution is 0.0724. The number of rotatable bonds is 5. The quantitative estimate of drug-likeness (QED) is 0.805. The zero-order valence-corrected chi connectivity index (χ0v) is 14.9. The zero-order valence-electron chi connectivity index (χ0n) is 14.1. The van der Waals surface area contributed by atoms with Crippen molar-refractivity contribution in [2.24, 2.45) is 0 Å². The van der Waals surface area contributed by atoms with E-state index < -0.39 is 0 Å². The third-order valence-electron chi connectivity index (χ3n) is 4.13. The molecule has 2 N–H and O–H groups in total. The van der Waals surface area contributed by atoms with Gasteiger partial charge in [0.25, 0.3) is 5.91 Å². The molecule has 4 nitrogen and oxygen atoms in total. The molecule has 0 radical (unpaired) electrons. The maximum Gasteiger partial charge on any atom is 0.253 e. The Kier molecular flexibility index (Phi) is 6.84. The van der Waals surface area contributed by atoms with E-state index in [1.807, 2.05) is 29.2 Å². The number of benzene rings is 1. The Morgan fingerprint density at radius 1 is 1.22 bits per heavy atom. The molecule has 1 fully saturated rings. The van der Waals surface area contributed by atoms with Gasteiger partial charge in [0.1, 0.15) is 0 Å². The third-order valence-corrected chi connectivity index (χ3v) is 4.35. The van der Waals surface area contributed by atoms with Crippen LogP contribution in [0.25, 0.3) is 0 Å². The number of nitrogens with zero attached hydrogens (tertiary/aromatic N) is 1. The van der Waals surface area contributed by atoms with Crippen LogP contribution in [-0.4, -0.2) is 35.1 Å². The van der Waals surface area contributed by atoms with Gasteiger partial charge < -0.3 is 15.5 Å². The van der Waals surface area contributed by atoms with Crippen LogP contribution in [0.5, 0.6) is 0 Å². The molecule has 0 aliphatic carbocycles. The van der Waals surface area contributed by atoms with E-state index in [9.17, 15) is 4.79 Å². The van der Waals surface area contributed by atoms with Crippen molar-refractivity contribution in [3.05, 3.63) is 29.8 Å². The molecule has 0 bridgehead atoms. The summed E-state index contributed by atoms with van der Waals surface area (Å²) in [6, 6.07) is 7.93. The van der Waals surface area contributed by atoms with Crippen LogP contribution in [-0.2, 0) is 0 Å². The topological polar surface area (TPSA) is 44.4 Å². The number of carbonyl (C=O) groups is 1. The molecule has 1 aromatic carbocycles. The highest BCUT2D eigenvalue weighted by Gasteiger charge is 2.17. The van der Waals surface area contributed by atoms with Crippen molar-refractivity contribution in [3.63, 3.8) is 0 Å². The minimum Gasteiger partial charge on any atom is -0.360 e. The fraction of sp³-hybridized carbons (Fsp3) is 0.556. The number of likely N-dealkylation sites (tertiary alicyclic amines) is 1. The number of hydrogen-bond donors (Lipinski definition) is 2. The molecule has 1 saturated heterocycles. The summed E-state index contributed by atoms with van der Waals surface area (Å²) in [5.74, 6) is 0.133. The van der Waals surface area contributed by atoms with Crippen LogP contribution in [0.4, 0.5) is 5.69 Å². The van der Waals surface area contributed by atoms with E-state index in [1.54, 1.807) is 0 Å². The second-order valence-corrected chi connectivity index (χ2v) is 6.63. The maximum absolute atomic E-state index is 12.4. The summed E-state index contributed by atoms with van der Waals surface area (Å²) in [5, 5.41) is 7.06. The van der Waals surface area contributed by atoms with Gasteiger partial charge in [0, 0.05) is 30.4 Å². The first-order chi connectivity index (χ1) is 11.1. The summed E-state index contributed by atoms with van der Waals surface area (Å²) in [5.41, 5.74) is 1.65. The van der Waals surface area contributed by atoms with E-state index in [4.69, 9.17) is 12.2 Å². The van der Waals surface area contributed by atoms with Gasteiger partial charge in [-0.3, -0.25) is 4.79 Å². The van der Waals surface area contributed by atoms with Gasteiger partial charge in [0.2, 0.25) is 0 Å². The molecule has 0 aromatic heterocycles. The predicted octanol–water partition coefficient (Wildman–Crippen LogP) is 3.79. The highest BCUT2D eigenvalue weighted by molar-refractivity contribution is 7.80. The summed E-state index contributed by atoms with van der Waals surface area (Å²) >= 11 is 5.32. The van der Waals surface area contributed by atoms with Gasteiger partial charge in [-0.25, -0.2) is 0 Å². The van der Waals surface area contributed by atoms with Gasteiger partial charge in [0.15, 0.2) is 5.11 Å². The van der Waals surface area contributed by atoms with Gasteiger partial charge in [-0.15, -0.1) is 0 Å². The Balaban J connectivity index is 1.88. The monoisotopic (exact) mass is 333 g/mol. The molecule has 1 atom stereocenters. The summed E-state index contributed by atoms with van der Waals surface area (Å²) in [7, 11) is 0. The van der Waals surface area contributed by atoms with E-state index in [0.717, 1.165) is 50.0 Å². The number of hydrogen-bond acceptors (Lipinski definition) is 2. The molecule has 0 saturated carbocycles. The molecule has 2 rings (SSSR count). The van der Waals surface area contributed by atoms with Crippen molar-refractivity contribution in [2.45, 2.75) is 52.0 Å². The molecule has 5 heteroatoms. The van der Waals surface area contributed by atoms with Crippen LogP contribution in [0.2, 0.25) is 0 Å². The maximum atomic E-state index is 12.4. The lowest BCUT2D eigenvalue weighted by Crippen LogP contribution is -2.36. The molecule has 1 aliphatic rings. The van der Waals surface area contributed by atoms with E-state index in [2.05, 4.69) is 24.5 Å². The summed E-state index contributed by atoms with van der Waals surface area (Å²) in [6.45, 7) is 6.04. The van der Waals surface area contributed by atoms with E-state index in [1.165, 1.54) is 6.42 Å². The Hall–Kier alpha value is -1.62. The lowest BCUT2D eigenvalue weighted by atomic mass is 10.1. The molecule has 1 heterocycles. The Morgan fingerprint density at radius 3 is 2.48 bits per heavy atom. The number of nitrogens with one attached hydrogen (secondary N) is 2. The minimum atomic E-state index is 0.133. The van der Waals surface area contributed by atoms with E-state index >= 15 is 0 Å². The minimum absolute atomic E-state index is 0.133. The van der Waals surface area contributed by atoms with E-state index in [-0.39, 0.29) is 5.91 Å². The summed E-state index contributed by atoms with van der Waals surface area (Å²) in [6.07, 6.45) is 5.67. The number of anilines is 1. The number of thiocarbonyl (C=S) groups is 1. The van der Waals surface area contributed by atoms with Crippen LogP contribution in [0.1, 0.15) is 56.3 Å². The van der Waals surface area contributed by atoms with Crippen molar-refractivity contribution in [1.82, 2.24) is 10.2 Å². The standard InChI is InChI=1S/C18H27N3OS/c1-3-7-14(2)19-18(23)20-16-10-8-15(9-11-16)17(22)21-12-5-4-6-13-21/h8-11,14H,3-7,12-13H2,1-2H3,(H2,19,20,23)/t14-/m0/s1. The normalized spacial score (nSPS) is 15.8. The highest BCUT2D eigenvalue weighted by Crippen LogP contribution is 2.15. The second kappa shape index (κ2) is 8.87. The van der Waals surface area contributed by atoms with Crippen LogP contribution >= 0.6 is 12.2 Å². The fourth-order valence-corrected chi connectivity index (χ4v) is 3.19. The Bertz CT molecular complexity index is 524. The average molecular weight is 334 g/mol. The molecule has 0 spiro atoms. The number of piperidine rings is 1. The summed E-state index contributed by atoms with van der Waals surface area (Å²) < 4.78 is 0. The first-order valence-corrected chi connectivity index (χ1v) is 8.98. The Labute approximate surface area is 144 Å². The van der Waals surface area contributed by atoms with E-state index in [0.29, 0.717) is 11.2 Å². The lowest BCUT2D eigenvalue weighted by Gasteiger charge is -2.26. The Morgan fingerprint density at radius 2 is 1.87 bits per heavy atom. The first-order valence-electron chi connectivity index (χ1n) is 8.57. The molecule has 1 amide bonds. The molecule has 126 valence electrons. The smallest absolute Gasteiger partial charge is 0.253 e. The van der Waals surface area contributed by atoms with Crippen molar-refractivity contribution in [2.75, 3.05) is 18.4 Å². The largest absolute Gasteiger partial charge is 0.360 e. The zero-order chi connectivity index (χ0) is 16.7. The molecule has 1 aliphatic heterocycles. The van der Waals surface area contributed by atoms with Crippen molar-refractivity contribution in [3.8, 4) is 0 Å². The van der Waals surface area contributed by atoms with Crippen LogP contribution < -0.4 is 10.6 Å².